The van der Waals surface area contributed by atoms with Crippen LogP contribution in [0.25, 0.3) is 0 Å². The summed E-state index contributed by atoms with van der Waals surface area (Å²) in [5, 5.41) is 7.48. The molecule has 2 aromatic rings. The lowest BCUT2D eigenvalue weighted by Crippen LogP contribution is -2.06. The molecule has 84 valence electrons. The Balaban J connectivity index is 2.17. The van der Waals surface area contributed by atoms with E-state index in [1.165, 1.54) is 23.7 Å². The lowest BCUT2D eigenvalue weighted by Gasteiger charge is -2.13. The monoisotopic (exact) mass is 241 g/mol. The van der Waals surface area contributed by atoms with Crippen LogP contribution in [0.4, 0.5) is 13.8 Å². The highest BCUT2D eigenvalue weighted by molar-refractivity contribution is 7.09. The van der Waals surface area contributed by atoms with Crippen molar-refractivity contribution in [2.75, 3.05) is 5.32 Å². The van der Waals surface area contributed by atoms with E-state index < -0.39 is 11.6 Å². The van der Waals surface area contributed by atoms with Gasteiger partial charge in [-0.2, -0.15) is 0 Å². The van der Waals surface area contributed by atoms with Gasteiger partial charge in [-0.25, -0.2) is 8.78 Å². The first-order valence-corrected chi connectivity index (χ1v) is 5.42. The SMILES string of the molecule is CC(Nc1cnns1)c1cc(F)cc(F)c1. The lowest BCUT2D eigenvalue weighted by atomic mass is 10.1. The van der Waals surface area contributed by atoms with Gasteiger partial charge in [-0.1, -0.05) is 4.49 Å². The van der Waals surface area contributed by atoms with Crippen molar-refractivity contribution in [2.45, 2.75) is 13.0 Å². The van der Waals surface area contributed by atoms with E-state index in [0.29, 0.717) is 5.56 Å². The standard InChI is InChI=1S/C10H9F2N3S/c1-6(14-10-5-13-15-16-10)7-2-8(11)4-9(12)3-7/h2-6,14H,1H3. The van der Waals surface area contributed by atoms with Crippen molar-refractivity contribution < 1.29 is 8.78 Å². The Morgan fingerprint density at radius 1 is 1.25 bits per heavy atom. The normalized spacial score (nSPS) is 12.4. The van der Waals surface area contributed by atoms with Crippen LogP contribution in [-0.2, 0) is 0 Å². The van der Waals surface area contributed by atoms with Crippen molar-refractivity contribution in [3.63, 3.8) is 0 Å². The van der Waals surface area contributed by atoms with Gasteiger partial charge in [0.05, 0.1) is 6.20 Å². The molecule has 1 unspecified atom stereocenters. The summed E-state index contributed by atoms with van der Waals surface area (Å²) in [6, 6.07) is 3.25. The Kier molecular flexibility index (Phi) is 3.09. The van der Waals surface area contributed by atoms with E-state index in [0.717, 1.165) is 11.1 Å². The van der Waals surface area contributed by atoms with E-state index >= 15 is 0 Å². The second-order valence-corrected chi connectivity index (χ2v) is 4.14. The molecule has 0 aliphatic rings. The van der Waals surface area contributed by atoms with Gasteiger partial charge in [0.1, 0.15) is 16.6 Å². The second kappa shape index (κ2) is 4.52. The lowest BCUT2D eigenvalue weighted by molar-refractivity contribution is 0.577. The topological polar surface area (TPSA) is 37.8 Å². The Bertz CT molecular complexity index is 453. The largest absolute Gasteiger partial charge is 0.368 e. The fourth-order valence-electron chi connectivity index (χ4n) is 1.35. The molecule has 1 heterocycles. The Labute approximate surface area is 95.3 Å². The summed E-state index contributed by atoms with van der Waals surface area (Å²) in [4.78, 5) is 0. The van der Waals surface area contributed by atoms with Crippen molar-refractivity contribution in [1.29, 1.82) is 0 Å². The van der Waals surface area contributed by atoms with Gasteiger partial charge >= 0.3 is 0 Å². The highest BCUT2D eigenvalue weighted by Crippen LogP contribution is 2.21. The molecule has 1 atom stereocenters. The van der Waals surface area contributed by atoms with Crippen LogP contribution >= 0.6 is 11.5 Å². The minimum Gasteiger partial charge on any atom is -0.368 e. The minimum absolute atomic E-state index is 0.201. The van der Waals surface area contributed by atoms with Gasteiger partial charge < -0.3 is 5.32 Å². The van der Waals surface area contributed by atoms with Crippen LogP contribution in [0.15, 0.2) is 24.4 Å². The number of benzene rings is 1. The summed E-state index contributed by atoms with van der Waals surface area (Å²) in [7, 11) is 0. The van der Waals surface area contributed by atoms with Gasteiger partial charge in [0.15, 0.2) is 0 Å². The van der Waals surface area contributed by atoms with E-state index in [1.807, 2.05) is 6.92 Å². The highest BCUT2D eigenvalue weighted by Gasteiger charge is 2.09. The number of anilines is 1. The van der Waals surface area contributed by atoms with E-state index in [9.17, 15) is 8.78 Å². The third kappa shape index (κ3) is 2.52. The van der Waals surface area contributed by atoms with Crippen LogP contribution in [0.2, 0.25) is 0 Å². The fourth-order valence-corrected chi connectivity index (χ4v) is 1.86. The average molecular weight is 241 g/mol. The van der Waals surface area contributed by atoms with Crippen molar-refractivity contribution in [2.24, 2.45) is 0 Å². The maximum Gasteiger partial charge on any atom is 0.130 e. The summed E-state index contributed by atoms with van der Waals surface area (Å²) in [5.74, 6) is -1.16. The molecule has 0 aliphatic heterocycles. The fraction of sp³-hybridized carbons (Fsp3) is 0.200. The minimum atomic E-state index is -0.578. The molecule has 0 fully saturated rings. The predicted molar refractivity (Wildman–Crippen MR) is 58.3 cm³/mol. The summed E-state index contributed by atoms with van der Waals surface area (Å²) < 4.78 is 29.6. The molecule has 1 aromatic carbocycles. The summed E-state index contributed by atoms with van der Waals surface area (Å²) in [6.07, 6.45) is 1.57. The second-order valence-electron chi connectivity index (χ2n) is 3.35. The molecule has 16 heavy (non-hydrogen) atoms. The van der Waals surface area contributed by atoms with Gasteiger partial charge in [0, 0.05) is 23.6 Å². The molecule has 3 nitrogen and oxygen atoms in total. The van der Waals surface area contributed by atoms with Crippen LogP contribution in [0.3, 0.4) is 0 Å². The van der Waals surface area contributed by atoms with E-state index in [4.69, 9.17) is 0 Å². The maximum absolute atomic E-state index is 13.0. The van der Waals surface area contributed by atoms with Gasteiger partial charge in [0.25, 0.3) is 0 Å². The average Bonchev–Trinajstić information content (AvgIpc) is 2.68. The molecule has 1 aromatic heterocycles. The van der Waals surface area contributed by atoms with Crippen molar-refractivity contribution in [3.05, 3.63) is 41.6 Å². The van der Waals surface area contributed by atoms with Gasteiger partial charge in [0.2, 0.25) is 0 Å². The number of hydrogen-bond donors (Lipinski definition) is 1. The number of hydrogen-bond acceptors (Lipinski definition) is 4. The Hall–Kier alpha value is -1.56. The molecule has 0 saturated carbocycles. The third-order valence-corrected chi connectivity index (χ3v) is 2.70. The van der Waals surface area contributed by atoms with Gasteiger partial charge in [-0.15, -0.1) is 5.10 Å². The zero-order valence-corrected chi connectivity index (χ0v) is 9.26. The van der Waals surface area contributed by atoms with Gasteiger partial charge in [-0.3, -0.25) is 0 Å². The van der Waals surface area contributed by atoms with E-state index in [2.05, 4.69) is 14.9 Å². The van der Waals surface area contributed by atoms with Crippen molar-refractivity contribution >= 4 is 16.5 Å². The first-order valence-electron chi connectivity index (χ1n) is 4.65. The third-order valence-electron chi connectivity index (χ3n) is 2.10. The molecule has 6 heteroatoms. The smallest absolute Gasteiger partial charge is 0.130 e. The van der Waals surface area contributed by atoms with Crippen LogP contribution < -0.4 is 5.32 Å². The first-order chi connectivity index (χ1) is 7.65. The zero-order valence-electron chi connectivity index (χ0n) is 8.45. The molecular weight excluding hydrogens is 232 g/mol. The molecule has 0 saturated heterocycles. The molecule has 2 rings (SSSR count). The number of nitrogens with one attached hydrogen (secondary N) is 1. The number of aromatic nitrogens is 2. The molecule has 0 amide bonds. The van der Waals surface area contributed by atoms with Crippen LogP contribution in [-0.4, -0.2) is 9.59 Å². The predicted octanol–water partition coefficient (Wildman–Crippen LogP) is 2.99. The molecule has 1 N–H and O–H groups in total. The van der Waals surface area contributed by atoms with Crippen LogP contribution in [0, 0.1) is 11.6 Å². The van der Waals surface area contributed by atoms with Crippen LogP contribution in [0.1, 0.15) is 18.5 Å². The zero-order chi connectivity index (χ0) is 11.5. The van der Waals surface area contributed by atoms with E-state index in [-0.39, 0.29) is 6.04 Å². The summed E-state index contributed by atoms with van der Waals surface area (Å²) >= 11 is 1.19. The first kappa shape index (κ1) is 10.9. The molecule has 0 aliphatic carbocycles. The van der Waals surface area contributed by atoms with Crippen molar-refractivity contribution in [3.8, 4) is 0 Å². The number of nitrogens with zero attached hydrogens (tertiary/aromatic N) is 2. The molecular formula is C10H9F2N3S. The highest BCUT2D eigenvalue weighted by atomic mass is 32.1. The van der Waals surface area contributed by atoms with Gasteiger partial charge in [-0.05, 0) is 24.6 Å². The number of rotatable bonds is 3. The Morgan fingerprint density at radius 3 is 2.50 bits per heavy atom. The number of halogens is 2. The van der Waals surface area contributed by atoms with E-state index in [1.54, 1.807) is 6.20 Å². The molecule has 0 spiro atoms. The summed E-state index contributed by atoms with van der Waals surface area (Å²) in [5.41, 5.74) is 0.547. The Morgan fingerprint density at radius 2 is 1.94 bits per heavy atom. The molecule has 0 bridgehead atoms. The summed E-state index contributed by atoms with van der Waals surface area (Å²) in [6.45, 7) is 1.81. The van der Waals surface area contributed by atoms with Crippen molar-refractivity contribution in [1.82, 2.24) is 9.59 Å². The molecule has 0 radical (unpaired) electrons. The maximum atomic E-state index is 13.0. The quantitative estimate of drug-likeness (QED) is 0.897. The van der Waals surface area contributed by atoms with Crippen LogP contribution in [0.5, 0.6) is 0 Å².